The fourth-order valence-corrected chi connectivity index (χ4v) is 5.95. The van der Waals surface area contributed by atoms with E-state index in [1.807, 2.05) is 61.7 Å². The third-order valence-corrected chi connectivity index (χ3v) is 8.43. The summed E-state index contributed by atoms with van der Waals surface area (Å²) in [6, 6.07) is 22.5. The zero-order valence-electron chi connectivity index (χ0n) is 22.6. The van der Waals surface area contributed by atoms with Gasteiger partial charge >= 0.3 is 0 Å². The van der Waals surface area contributed by atoms with Gasteiger partial charge in [-0.3, -0.25) is 9.59 Å². The number of nitrogens with zero attached hydrogens (tertiary/aromatic N) is 1. The van der Waals surface area contributed by atoms with Gasteiger partial charge in [-0.15, -0.1) is 23.1 Å². The molecule has 3 aromatic carbocycles. The molecule has 204 valence electrons. The van der Waals surface area contributed by atoms with E-state index in [-0.39, 0.29) is 11.8 Å². The molecule has 0 aliphatic rings. The molecule has 2 amide bonds. The Morgan fingerprint density at radius 2 is 1.75 bits per heavy atom. The van der Waals surface area contributed by atoms with Gasteiger partial charge in [0, 0.05) is 27.1 Å². The van der Waals surface area contributed by atoms with Crippen LogP contribution in [-0.4, -0.2) is 31.3 Å². The molecular formula is C31H29N3O4S2. The van der Waals surface area contributed by atoms with Crippen molar-refractivity contribution in [3.8, 4) is 28.7 Å². The highest BCUT2D eigenvalue weighted by Gasteiger charge is 2.22. The highest BCUT2D eigenvalue weighted by Crippen LogP contribution is 2.36. The number of aryl methyl sites for hydroxylation is 1. The number of anilines is 2. The fraction of sp³-hybridized carbons (Fsp3) is 0.194. The Labute approximate surface area is 242 Å². The Bertz CT molecular complexity index is 1560. The molecule has 0 aliphatic carbocycles. The lowest BCUT2D eigenvalue weighted by atomic mass is 10.0. The van der Waals surface area contributed by atoms with Crippen LogP contribution in [0.4, 0.5) is 10.7 Å². The molecule has 0 aliphatic heterocycles. The van der Waals surface area contributed by atoms with Crippen molar-refractivity contribution in [1.29, 1.82) is 5.26 Å². The minimum Gasteiger partial charge on any atom is -0.493 e. The van der Waals surface area contributed by atoms with Crippen LogP contribution < -0.4 is 20.1 Å². The smallest absolute Gasteiger partial charge is 0.255 e. The zero-order valence-corrected chi connectivity index (χ0v) is 24.2. The molecule has 1 unspecified atom stereocenters. The predicted octanol–water partition coefficient (Wildman–Crippen LogP) is 7.37. The van der Waals surface area contributed by atoms with Crippen molar-refractivity contribution in [2.45, 2.75) is 30.4 Å². The van der Waals surface area contributed by atoms with E-state index in [0.717, 1.165) is 21.6 Å². The van der Waals surface area contributed by atoms with Crippen molar-refractivity contribution in [1.82, 2.24) is 0 Å². The van der Waals surface area contributed by atoms with Gasteiger partial charge in [-0.2, -0.15) is 5.26 Å². The van der Waals surface area contributed by atoms with Crippen molar-refractivity contribution in [2.75, 3.05) is 24.9 Å². The SMILES string of the molecule is CCC(Sc1cccc(NC(=O)c2ccc(OC)c(OC)c2)c1)C(=O)Nc1scc(-c2ccc(C)cc2)c1C#N. The Balaban J connectivity index is 1.45. The monoisotopic (exact) mass is 571 g/mol. The number of nitriles is 1. The highest BCUT2D eigenvalue weighted by molar-refractivity contribution is 8.00. The van der Waals surface area contributed by atoms with Crippen LogP contribution in [-0.2, 0) is 4.79 Å². The number of rotatable bonds is 10. The highest BCUT2D eigenvalue weighted by atomic mass is 32.2. The molecule has 1 aromatic heterocycles. The summed E-state index contributed by atoms with van der Waals surface area (Å²) in [5.74, 6) is 0.532. The van der Waals surface area contributed by atoms with Gasteiger partial charge in [0.15, 0.2) is 11.5 Å². The van der Waals surface area contributed by atoms with Crippen molar-refractivity contribution >= 4 is 45.6 Å². The zero-order chi connectivity index (χ0) is 28.6. The van der Waals surface area contributed by atoms with Crippen molar-refractivity contribution in [2.24, 2.45) is 0 Å². The van der Waals surface area contributed by atoms with E-state index in [0.29, 0.717) is 39.7 Å². The number of carbonyl (C=O) groups is 2. The molecule has 2 N–H and O–H groups in total. The van der Waals surface area contributed by atoms with Crippen LogP contribution in [0.3, 0.4) is 0 Å². The molecule has 1 atom stereocenters. The molecule has 0 radical (unpaired) electrons. The maximum atomic E-state index is 13.2. The van der Waals surface area contributed by atoms with Gasteiger partial charge < -0.3 is 20.1 Å². The minimum atomic E-state index is -0.395. The van der Waals surface area contributed by atoms with Crippen LogP contribution in [0.25, 0.3) is 11.1 Å². The summed E-state index contributed by atoms with van der Waals surface area (Å²) in [5.41, 5.74) is 4.37. The minimum absolute atomic E-state index is 0.180. The molecule has 0 spiro atoms. The van der Waals surface area contributed by atoms with Gasteiger partial charge in [0.1, 0.15) is 11.1 Å². The topological polar surface area (TPSA) is 100 Å². The molecule has 4 aromatic rings. The normalized spacial score (nSPS) is 11.3. The van der Waals surface area contributed by atoms with Crippen molar-refractivity contribution < 1.29 is 19.1 Å². The summed E-state index contributed by atoms with van der Waals surface area (Å²) in [7, 11) is 3.05. The van der Waals surface area contributed by atoms with Gasteiger partial charge in [-0.05, 0) is 55.3 Å². The quantitative estimate of drug-likeness (QED) is 0.193. The lowest BCUT2D eigenvalue weighted by Gasteiger charge is -2.15. The number of hydrogen-bond donors (Lipinski definition) is 2. The first kappa shape index (κ1) is 28.7. The largest absolute Gasteiger partial charge is 0.493 e. The first-order chi connectivity index (χ1) is 19.4. The van der Waals surface area contributed by atoms with Crippen LogP contribution in [0.2, 0.25) is 0 Å². The van der Waals surface area contributed by atoms with Crippen LogP contribution >= 0.6 is 23.1 Å². The summed E-state index contributed by atoms with van der Waals surface area (Å²) in [6.07, 6.45) is 0.580. The second-order valence-electron chi connectivity index (χ2n) is 8.89. The van der Waals surface area contributed by atoms with Crippen molar-refractivity contribution in [3.05, 3.63) is 88.8 Å². The van der Waals surface area contributed by atoms with E-state index < -0.39 is 5.25 Å². The van der Waals surface area contributed by atoms with Crippen LogP contribution in [0, 0.1) is 18.3 Å². The van der Waals surface area contributed by atoms with Gasteiger partial charge in [-0.1, -0.05) is 42.8 Å². The fourth-order valence-electron chi connectivity index (χ4n) is 4.01. The van der Waals surface area contributed by atoms with Crippen molar-refractivity contribution in [3.63, 3.8) is 0 Å². The average Bonchev–Trinajstić information content (AvgIpc) is 3.38. The second kappa shape index (κ2) is 13.2. The molecular weight excluding hydrogens is 542 g/mol. The van der Waals surface area contributed by atoms with Gasteiger partial charge in [0.2, 0.25) is 5.91 Å². The number of benzene rings is 3. The second-order valence-corrected chi connectivity index (χ2v) is 11.0. The number of ether oxygens (including phenoxy) is 2. The van der Waals surface area contributed by atoms with E-state index in [9.17, 15) is 14.9 Å². The number of amides is 2. The van der Waals surface area contributed by atoms with E-state index in [1.165, 1.54) is 37.3 Å². The first-order valence-electron chi connectivity index (χ1n) is 12.6. The Morgan fingerprint density at radius 1 is 1.00 bits per heavy atom. The Kier molecular flexibility index (Phi) is 9.48. The van der Waals surface area contributed by atoms with Crippen LogP contribution in [0.15, 0.2) is 77.0 Å². The number of carbonyl (C=O) groups excluding carboxylic acids is 2. The summed E-state index contributed by atoms with van der Waals surface area (Å²) in [5, 5.41) is 17.8. The van der Waals surface area contributed by atoms with Gasteiger partial charge in [0.25, 0.3) is 5.91 Å². The van der Waals surface area contributed by atoms with E-state index in [2.05, 4.69) is 16.7 Å². The van der Waals surface area contributed by atoms with Crippen LogP contribution in [0.1, 0.15) is 34.8 Å². The number of nitrogens with one attached hydrogen (secondary N) is 2. The third kappa shape index (κ3) is 6.65. The first-order valence-corrected chi connectivity index (χ1v) is 14.3. The van der Waals surface area contributed by atoms with E-state index in [4.69, 9.17) is 9.47 Å². The molecule has 0 fully saturated rings. The van der Waals surface area contributed by atoms with E-state index >= 15 is 0 Å². The molecule has 1 heterocycles. The number of thiophene rings is 1. The molecule has 0 bridgehead atoms. The number of hydrogen-bond acceptors (Lipinski definition) is 7. The molecule has 0 saturated carbocycles. The molecule has 4 rings (SSSR count). The molecule has 9 heteroatoms. The van der Waals surface area contributed by atoms with Crippen LogP contribution in [0.5, 0.6) is 11.5 Å². The van der Waals surface area contributed by atoms with E-state index in [1.54, 1.807) is 24.3 Å². The van der Waals surface area contributed by atoms with Gasteiger partial charge in [-0.25, -0.2) is 0 Å². The maximum Gasteiger partial charge on any atom is 0.255 e. The summed E-state index contributed by atoms with van der Waals surface area (Å²) >= 11 is 2.75. The third-order valence-electron chi connectivity index (χ3n) is 6.18. The predicted molar refractivity (Wildman–Crippen MR) is 162 cm³/mol. The summed E-state index contributed by atoms with van der Waals surface area (Å²) in [4.78, 5) is 26.9. The number of thioether (sulfide) groups is 1. The van der Waals surface area contributed by atoms with Gasteiger partial charge in [0.05, 0.1) is 25.0 Å². The molecule has 40 heavy (non-hydrogen) atoms. The Hall–Kier alpha value is -4.26. The molecule has 0 saturated heterocycles. The Morgan fingerprint density at radius 3 is 2.42 bits per heavy atom. The lowest BCUT2D eigenvalue weighted by molar-refractivity contribution is -0.115. The summed E-state index contributed by atoms with van der Waals surface area (Å²) in [6.45, 7) is 3.95. The number of methoxy groups -OCH3 is 2. The standard InChI is InChI=1S/C31H29N3O4S2/c1-5-28(30(36)34-31-24(17-32)25(18-39-31)20-11-9-19(2)10-12-20)40-23-8-6-7-22(16-23)33-29(35)21-13-14-26(37-3)27(15-21)38-4/h6-16,18,28H,5H2,1-4H3,(H,33,35)(H,34,36). The summed E-state index contributed by atoms with van der Waals surface area (Å²) < 4.78 is 10.5. The lowest BCUT2D eigenvalue weighted by Crippen LogP contribution is -2.24. The average molecular weight is 572 g/mol. The maximum absolute atomic E-state index is 13.2. The molecule has 7 nitrogen and oxygen atoms in total.